The minimum absolute atomic E-state index is 0.107. The summed E-state index contributed by atoms with van der Waals surface area (Å²) in [5.41, 5.74) is 3.41. The van der Waals surface area contributed by atoms with Crippen LogP contribution in [0.1, 0.15) is 18.1 Å². The second kappa shape index (κ2) is 5.03. The van der Waals surface area contributed by atoms with E-state index < -0.39 is 29.8 Å². The number of nitrogens with two attached hydrogens (primary N) is 1. The van der Waals surface area contributed by atoms with Crippen LogP contribution >= 0.6 is 0 Å². The number of esters is 1. The zero-order valence-corrected chi connectivity index (χ0v) is 9.04. The molecule has 0 unspecified atom stereocenters. The summed E-state index contributed by atoms with van der Waals surface area (Å²) >= 11 is 0. The van der Waals surface area contributed by atoms with E-state index in [0.29, 0.717) is 0 Å². The number of nitrogen functional groups attached to an aromatic ring is 1. The van der Waals surface area contributed by atoms with E-state index in [1.54, 1.807) is 6.92 Å². The molecule has 0 amide bonds. The molecular formula is C10H11F3N2O2. The summed E-state index contributed by atoms with van der Waals surface area (Å²) in [4.78, 5) is 14.7. The van der Waals surface area contributed by atoms with Crippen molar-refractivity contribution < 1.29 is 22.7 Å². The van der Waals surface area contributed by atoms with Crippen molar-refractivity contribution in [3.63, 3.8) is 0 Å². The SMILES string of the molecule is CCOC(=O)Cc1cncc(N)c1C(F)(F)F. The van der Waals surface area contributed by atoms with Crippen molar-refractivity contribution in [3.05, 3.63) is 23.5 Å². The first kappa shape index (κ1) is 13.3. The van der Waals surface area contributed by atoms with Gasteiger partial charge in [-0.15, -0.1) is 0 Å². The van der Waals surface area contributed by atoms with Crippen LogP contribution in [-0.2, 0) is 22.1 Å². The van der Waals surface area contributed by atoms with Gasteiger partial charge in [-0.25, -0.2) is 0 Å². The molecule has 0 aromatic carbocycles. The van der Waals surface area contributed by atoms with Crippen LogP contribution in [0.15, 0.2) is 12.4 Å². The molecule has 0 aliphatic rings. The molecule has 4 nitrogen and oxygen atoms in total. The smallest absolute Gasteiger partial charge is 0.418 e. The predicted molar refractivity (Wildman–Crippen MR) is 54.0 cm³/mol. The van der Waals surface area contributed by atoms with Gasteiger partial charge in [0.15, 0.2) is 0 Å². The highest BCUT2D eigenvalue weighted by Gasteiger charge is 2.36. The van der Waals surface area contributed by atoms with E-state index >= 15 is 0 Å². The Labute approximate surface area is 95.6 Å². The molecule has 0 atom stereocenters. The number of ether oxygens (including phenoxy) is 1. The molecule has 0 fully saturated rings. The molecule has 0 saturated carbocycles. The highest BCUT2D eigenvalue weighted by atomic mass is 19.4. The van der Waals surface area contributed by atoms with E-state index in [1.165, 1.54) is 0 Å². The van der Waals surface area contributed by atoms with E-state index in [4.69, 9.17) is 5.73 Å². The summed E-state index contributed by atoms with van der Waals surface area (Å²) in [6.45, 7) is 1.68. The van der Waals surface area contributed by atoms with Gasteiger partial charge in [-0.05, 0) is 12.5 Å². The van der Waals surface area contributed by atoms with Gasteiger partial charge in [0, 0.05) is 6.20 Å². The van der Waals surface area contributed by atoms with Gasteiger partial charge in [0.1, 0.15) is 0 Å². The molecule has 1 aromatic rings. The van der Waals surface area contributed by atoms with Gasteiger partial charge in [0.2, 0.25) is 0 Å². The summed E-state index contributed by atoms with van der Waals surface area (Å²) in [7, 11) is 0. The number of hydrogen-bond acceptors (Lipinski definition) is 4. The summed E-state index contributed by atoms with van der Waals surface area (Å²) in [6.07, 6.45) is -3.25. The van der Waals surface area contributed by atoms with Gasteiger partial charge in [-0.2, -0.15) is 13.2 Å². The molecule has 7 heteroatoms. The first-order valence-electron chi connectivity index (χ1n) is 4.81. The Morgan fingerprint density at radius 1 is 1.47 bits per heavy atom. The quantitative estimate of drug-likeness (QED) is 0.828. The largest absolute Gasteiger partial charge is 0.466 e. The molecule has 17 heavy (non-hydrogen) atoms. The van der Waals surface area contributed by atoms with E-state index in [2.05, 4.69) is 9.72 Å². The molecule has 2 N–H and O–H groups in total. The molecule has 1 heterocycles. The average Bonchev–Trinajstić information content (AvgIpc) is 2.15. The van der Waals surface area contributed by atoms with Gasteiger partial charge in [-0.1, -0.05) is 0 Å². The molecule has 94 valence electrons. The third-order valence-electron chi connectivity index (χ3n) is 1.98. The highest BCUT2D eigenvalue weighted by Crippen LogP contribution is 2.35. The van der Waals surface area contributed by atoms with E-state index in [-0.39, 0.29) is 12.2 Å². The van der Waals surface area contributed by atoms with Crippen LogP contribution in [0.25, 0.3) is 0 Å². The third-order valence-corrected chi connectivity index (χ3v) is 1.98. The Hall–Kier alpha value is -1.79. The summed E-state index contributed by atoms with van der Waals surface area (Å²) in [6, 6.07) is 0. The van der Waals surface area contributed by atoms with Crippen molar-refractivity contribution >= 4 is 11.7 Å². The van der Waals surface area contributed by atoms with E-state index in [0.717, 1.165) is 12.4 Å². The molecule has 0 saturated heterocycles. The first-order valence-corrected chi connectivity index (χ1v) is 4.81. The van der Waals surface area contributed by atoms with Crippen molar-refractivity contribution in [1.82, 2.24) is 4.98 Å². The minimum atomic E-state index is -4.62. The molecule has 1 rings (SSSR count). The number of hydrogen-bond donors (Lipinski definition) is 1. The average molecular weight is 248 g/mol. The maximum absolute atomic E-state index is 12.7. The van der Waals surface area contributed by atoms with Gasteiger partial charge in [0.05, 0.1) is 30.5 Å². The predicted octanol–water partition coefficient (Wildman–Crippen LogP) is 1.79. The molecule has 0 bridgehead atoms. The topological polar surface area (TPSA) is 65.2 Å². The number of anilines is 1. The standard InChI is InChI=1S/C10H11F3N2O2/c1-2-17-8(16)3-6-4-15-5-7(14)9(6)10(11,12)13/h4-5H,2-3,14H2,1H3. The second-order valence-electron chi connectivity index (χ2n) is 3.24. The fourth-order valence-electron chi connectivity index (χ4n) is 1.37. The van der Waals surface area contributed by atoms with E-state index in [1.807, 2.05) is 0 Å². The molecule has 0 aliphatic heterocycles. The highest BCUT2D eigenvalue weighted by molar-refractivity contribution is 5.74. The number of alkyl halides is 3. The van der Waals surface area contributed by atoms with Crippen LogP contribution in [0.4, 0.5) is 18.9 Å². The summed E-state index contributed by atoms with van der Waals surface area (Å²) in [5, 5.41) is 0. The Morgan fingerprint density at radius 2 is 2.12 bits per heavy atom. The molecule has 0 spiro atoms. The molecule has 1 aromatic heterocycles. The van der Waals surface area contributed by atoms with Crippen LogP contribution in [0, 0.1) is 0 Å². The first-order chi connectivity index (χ1) is 7.86. The van der Waals surface area contributed by atoms with Crippen molar-refractivity contribution in [2.24, 2.45) is 0 Å². The van der Waals surface area contributed by atoms with Gasteiger partial charge < -0.3 is 10.5 Å². The monoisotopic (exact) mass is 248 g/mol. The van der Waals surface area contributed by atoms with Crippen LogP contribution in [0.3, 0.4) is 0 Å². The lowest BCUT2D eigenvalue weighted by molar-refractivity contribution is -0.143. The number of rotatable bonds is 3. The van der Waals surface area contributed by atoms with Crippen LogP contribution in [0.5, 0.6) is 0 Å². The van der Waals surface area contributed by atoms with Crippen molar-refractivity contribution in [2.45, 2.75) is 19.5 Å². The van der Waals surface area contributed by atoms with Crippen molar-refractivity contribution in [1.29, 1.82) is 0 Å². The fraction of sp³-hybridized carbons (Fsp3) is 0.400. The Balaban J connectivity index is 3.08. The Kier molecular flexibility index (Phi) is 3.93. The minimum Gasteiger partial charge on any atom is -0.466 e. The van der Waals surface area contributed by atoms with Gasteiger partial charge in [0.25, 0.3) is 0 Å². The third kappa shape index (κ3) is 3.33. The number of pyridine rings is 1. The fourth-order valence-corrected chi connectivity index (χ4v) is 1.37. The maximum Gasteiger partial charge on any atom is 0.418 e. The zero-order valence-electron chi connectivity index (χ0n) is 9.04. The van der Waals surface area contributed by atoms with Crippen molar-refractivity contribution in [3.8, 4) is 0 Å². The Bertz CT molecular complexity index is 419. The molecule has 0 aliphatic carbocycles. The normalized spacial score (nSPS) is 11.3. The Morgan fingerprint density at radius 3 is 2.65 bits per heavy atom. The van der Waals surface area contributed by atoms with Crippen LogP contribution in [-0.4, -0.2) is 17.6 Å². The molecular weight excluding hydrogens is 237 g/mol. The van der Waals surface area contributed by atoms with Gasteiger partial charge in [-0.3, -0.25) is 9.78 Å². The molecule has 0 radical (unpaired) electrons. The second-order valence-corrected chi connectivity index (χ2v) is 3.24. The number of nitrogens with zero attached hydrogens (tertiary/aromatic N) is 1. The van der Waals surface area contributed by atoms with Crippen LogP contribution < -0.4 is 5.73 Å². The summed E-state index contributed by atoms with van der Waals surface area (Å²) < 4.78 is 42.6. The number of aromatic nitrogens is 1. The van der Waals surface area contributed by atoms with Crippen LogP contribution in [0.2, 0.25) is 0 Å². The number of halogens is 3. The van der Waals surface area contributed by atoms with Gasteiger partial charge >= 0.3 is 12.1 Å². The zero-order chi connectivity index (χ0) is 13.1. The van der Waals surface area contributed by atoms with Crippen molar-refractivity contribution in [2.75, 3.05) is 12.3 Å². The number of carbonyl (C=O) groups excluding carboxylic acids is 1. The number of carbonyl (C=O) groups is 1. The van der Waals surface area contributed by atoms with E-state index in [9.17, 15) is 18.0 Å². The summed E-state index contributed by atoms with van der Waals surface area (Å²) in [5.74, 6) is -0.745. The lowest BCUT2D eigenvalue weighted by atomic mass is 10.1. The maximum atomic E-state index is 12.7. The lowest BCUT2D eigenvalue weighted by Crippen LogP contribution is -2.16. The lowest BCUT2D eigenvalue weighted by Gasteiger charge is -2.13.